The largest absolute Gasteiger partial charge is 0.481 e. The van der Waals surface area contributed by atoms with E-state index in [1.54, 1.807) is 0 Å². The van der Waals surface area contributed by atoms with E-state index in [4.69, 9.17) is 5.11 Å². The molecule has 8 heteroatoms. The topological polar surface area (TPSA) is 66.8 Å². The number of carbonyl (C=O) groups excluding carboxylic acids is 1. The summed E-state index contributed by atoms with van der Waals surface area (Å²) >= 11 is 0. The Kier molecular flexibility index (Phi) is 4.94. The van der Waals surface area contributed by atoms with Crippen LogP contribution in [0.3, 0.4) is 0 Å². The lowest BCUT2D eigenvalue weighted by atomic mass is 10.1. The first-order chi connectivity index (χ1) is 8.29. The zero-order valence-electron chi connectivity index (χ0n) is 9.57. The number of carbonyl (C=O) groups is 2. The predicted molar refractivity (Wildman–Crippen MR) is 53.8 cm³/mol. The molecule has 0 spiro atoms. The molecule has 1 fully saturated rings. The normalized spacial score (nSPS) is 20.2. The highest BCUT2D eigenvalue weighted by molar-refractivity contribution is 5.78. The number of ether oxygens (including phenoxy) is 1. The Morgan fingerprint density at radius 1 is 1.39 bits per heavy atom. The summed E-state index contributed by atoms with van der Waals surface area (Å²) in [6.45, 7) is -1.24. The van der Waals surface area contributed by atoms with Crippen LogP contribution in [0.2, 0.25) is 0 Å². The maximum absolute atomic E-state index is 11.7. The van der Waals surface area contributed by atoms with Gasteiger partial charge in [-0.25, -0.2) is 0 Å². The van der Waals surface area contributed by atoms with Crippen LogP contribution < -0.4 is 0 Å². The maximum atomic E-state index is 11.7. The Morgan fingerprint density at radius 3 is 2.56 bits per heavy atom. The van der Waals surface area contributed by atoms with E-state index in [-0.39, 0.29) is 25.5 Å². The van der Waals surface area contributed by atoms with E-state index >= 15 is 0 Å². The summed E-state index contributed by atoms with van der Waals surface area (Å²) in [6, 6.07) is 0. The zero-order chi connectivity index (χ0) is 13.8. The third-order valence-electron chi connectivity index (χ3n) is 2.62. The number of likely N-dealkylation sites (tertiary alicyclic amines) is 1. The smallest absolute Gasteiger partial charge is 0.411 e. The van der Waals surface area contributed by atoms with Gasteiger partial charge in [-0.15, -0.1) is 0 Å². The summed E-state index contributed by atoms with van der Waals surface area (Å²) in [5, 5.41) is 8.73. The molecule has 5 nitrogen and oxygen atoms in total. The fourth-order valence-corrected chi connectivity index (χ4v) is 1.69. The average Bonchev–Trinajstić information content (AvgIpc) is 2.72. The second kappa shape index (κ2) is 6.03. The van der Waals surface area contributed by atoms with Gasteiger partial charge in [-0.05, 0) is 6.42 Å². The molecular formula is C10H14F3NO4. The number of aliphatic carboxylic acids is 1. The molecule has 0 aliphatic carbocycles. The number of hydrogen-bond acceptors (Lipinski definition) is 3. The molecule has 1 N–H and O–H groups in total. The van der Waals surface area contributed by atoms with Gasteiger partial charge in [0.2, 0.25) is 5.91 Å². The molecule has 0 unspecified atom stereocenters. The number of hydrogen-bond donors (Lipinski definition) is 1. The van der Waals surface area contributed by atoms with Crippen molar-refractivity contribution < 1.29 is 32.6 Å². The summed E-state index contributed by atoms with van der Waals surface area (Å²) in [4.78, 5) is 23.5. The molecule has 1 rings (SSSR count). The van der Waals surface area contributed by atoms with Crippen molar-refractivity contribution in [2.45, 2.75) is 19.0 Å². The third kappa shape index (κ3) is 4.91. The van der Waals surface area contributed by atoms with Crippen molar-refractivity contribution in [1.29, 1.82) is 0 Å². The summed E-state index contributed by atoms with van der Waals surface area (Å²) < 4.78 is 39.5. The fraction of sp³-hybridized carbons (Fsp3) is 0.800. The zero-order valence-corrected chi connectivity index (χ0v) is 9.57. The van der Waals surface area contributed by atoms with Gasteiger partial charge in [0.15, 0.2) is 0 Å². The lowest BCUT2D eigenvalue weighted by Gasteiger charge is -2.15. The summed E-state index contributed by atoms with van der Waals surface area (Å²) in [5.74, 6) is -1.91. The average molecular weight is 269 g/mol. The van der Waals surface area contributed by atoms with Crippen LogP contribution in [0.25, 0.3) is 0 Å². The first-order valence-corrected chi connectivity index (χ1v) is 5.44. The number of halogens is 3. The van der Waals surface area contributed by atoms with Crippen molar-refractivity contribution in [3.63, 3.8) is 0 Å². The second-order valence-corrected chi connectivity index (χ2v) is 4.08. The molecule has 104 valence electrons. The van der Waals surface area contributed by atoms with Gasteiger partial charge in [0.05, 0.1) is 18.9 Å². The van der Waals surface area contributed by atoms with E-state index in [1.807, 2.05) is 0 Å². The van der Waals surface area contributed by atoms with Crippen molar-refractivity contribution >= 4 is 11.9 Å². The van der Waals surface area contributed by atoms with Gasteiger partial charge in [0, 0.05) is 13.1 Å². The second-order valence-electron chi connectivity index (χ2n) is 4.08. The van der Waals surface area contributed by atoms with Gasteiger partial charge >= 0.3 is 12.1 Å². The molecule has 0 saturated carbocycles. The monoisotopic (exact) mass is 269 g/mol. The van der Waals surface area contributed by atoms with Crippen molar-refractivity contribution in [2.75, 3.05) is 26.3 Å². The van der Waals surface area contributed by atoms with E-state index in [0.29, 0.717) is 13.0 Å². The van der Waals surface area contributed by atoms with E-state index in [1.165, 1.54) is 4.90 Å². The Hall–Kier alpha value is -1.31. The first-order valence-electron chi connectivity index (χ1n) is 5.44. The Morgan fingerprint density at radius 2 is 2.06 bits per heavy atom. The minimum absolute atomic E-state index is 0.118. The summed E-state index contributed by atoms with van der Waals surface area (Å²) in [6.07, 6.45) is -4.18. The standard InChI is InChI=1S/C10H14F3NO4/c11-10(12,13)6-18-4-2-8(15)14-3-1-7(5-14)9(16)17/h7H,1-6H2,(H,16,17)/t7-/m1/s1. The van der Waals surface area contributed by atoms with E-state index in [9.17, 15) is 22.8 Å². The quantitative estimate of drug-likeness (QED) is 0.753. The van der Waals surface area contributed by atoms with Crippen molar-refractivity contribution in [3.8, 4) is 0 Å². The Bertz CT molecular complexity index is 319. The SMILES string of the molecule is O=C(O)[C@@H]1CCN(C(=O)CCOCC(F)(F)F)C1. The van der Waals surface area contributed by atoms with Gasteiger partial charge in [0.1, 0.15) is 6.61 Å². The molecule has 0 radical (unpaired) electrons. The maximum Gasteiger partial charge on any atom is 0.411 e. The molecule has 1 saturated heterocycles. The fourth-order valence-electron chi connectivity index (χ4n) is 1.69. The highest BCUT2D eigenvalue weighted by Gasteiger charge is 2.31. The molecule has 1 atom stereocenters. The number of amides is 1. The van der Waals surface area contributed by atoms with Gasteiger partial charge in [-0.3, -0.25) is 9.59 Å². The molecule has 1 amide bonds. The van der Waals surface area contributed by atoms with Crippen LogP contribution in [0.4, 0.5) is 13.2 Å². The van der Waals surface area contributed by atoms with Crippen LogP contribution in [0.15, 0.2) is 0 Å². The number of carboxylic acid groups (broad SMARTS) is 1. The molecule has 1 aliphatic heterocycles. The molecular weight excluding hydrogens is 255 g/mol. The Balaban J connectivity index is 2.20. The van der Waals surface area contributed by atoms with Crippen molar-refractivity contribution in [1.82, 2.24) is 4.90 Å². The van der Waals surface area contributed by atoms with Crippen LogP contribution in [0.1, 0.15) is 12.8 Å². The van der Waals surface area contributed by atoms with Gasteiger partial charge in [0.25, 0.3) is 0 Å². The van der Waals surface area contributed by atoms with Crippen LogP contribution >= 0.6 is 0 Å². The third-order valence-corrected chi connectivity index (χ3v) is 2.62. The van der Waals surface area contributed by atoms with Gasteiger partial charge < -0.3 is 14.7 Å². The number of nitrogens with zero attached hydrogens (tertiary/aromatic N) is 1. The molecule has 1 heterocycles. The van der Waals surface area contributed by atoms with Gasteiger partial charge in [-0.1, -0.05) is 0 Å². The van der Waals surface area contributed by atoms with E-state index in [0.717, 1.165) is 0 Å². The minimum atomic E-state index is -4.40. The summed E-state index contributed by atoms with van der Waals surface area (Å²) in [7, 11) is 0. The molecule has 0 aromatic carbocycles. The van der Waals surface area contributed by atoms with Crippen LogP contribution in [0, 0.1) is 5.92 Å². The summed E-state index contributed by atoms with van der Waals surface area (Å²) in [5.41, 5.74) is 0. The lowest BCUT2D eigenvalue weighted by molar-refractivity contribution is -0.175. The highest BCUT2D eigenvalue weighted by atomic mass is 19.4. The number of alkyl halides is 3. The molecule has 0 aromatic rings. The van der Waals surface area contributed by atoms with Crippen molar-refractivity contribution in [3.05, 3.63) is 0 Å². The van der Waals surface area contributed by atoms with Crippen LogP contribution in [-0.4, -0.2) is 54.4 Å². The predicted octanol–water partition coefficient (Wildman–Crippen LogP) is 0.889. The first kappa shape index (κ1) is 14.7. The van der Waals surface area contributed by atoms with Crippen LogP contribution in [-0.2, 0) is 14.3 Å². The van der Waals surface area contributed by atoms with E-state index in [2.05, 4.69) is 4.74 Å². The highest BCUT2D eigenvalue weighted by Crippen LogP contribution is 2.17. The number of carboxylic acids is 1. The number of rotatable bonds is 5. The molecule has 0 bridgehead atoms. The van der Waals surface area contributed by atoms with Gasteiger partial charge in [-0.2, -0.15) is 13.2 Å². The van der Waals surface area contributed by atoms with Crippen molar-refractivity contribution in [2.24, 2.45) is 5.92 Å². The minimum Gasteiger partial charge on any atom is -0.481 e. The lowest BCUT2D eigenvalue weighted by Crippen LogP contribution is -2.31. The van der Waals surface area contributed by atoms with Crippen LogP contribution in [0.5, 0.6) is 0 Å². The Labute approximate surface area is 102 Å². The molecule has 18 heavy (non-hydrogen) atoms. The molecule has 1 aliphatic rings. The molecule has 0 aromatic heterocycles. The van der Waals surface area contributed by atoms with E-state index < -0.39 is 24.7 Å².